The Kier molecular flexibility index (Phi) is 4.56. The van der Waals surface area contributed by atoms with E-state index in [2.05, 4.69) is 5.32 Å². The summed E-state index contributed by atoms with van der Waals surface area (Å²) in [7, 11) is 0. The fourth-order valence-electron chi connectivity index (χ4n) is 6.67. The Hall–Kier alpha value is -2.04. The van der Waals surface area contributed by atoms with Crippen molar-refractivity contribution in [2.75, 3.05) is 24.6 Å². The normalized spacial score (nSPS) is 32.6. The number of nitrogens with one attached hydrogen (secondary N) is 1. The first-order valence-corrected chi connectivity index (χ1v) is 10.9. The summed E-state index contributed by atoms with van der Waals surface area (Å²) in [6.45, 7) is 1.86. The maximum absolute atomic E-state index is 12.7. The quantitative estimate of drug-likeness (QED) is 0.848. The van der Waals surface area contributed by atoms with Crippen molar-refractivity contribution in [1.29, 1.82) is 0 Å². The number of carbonyl (C=O) groups excluding carboxylic acids is 2. The molecule has 0 radical (unpaired) electrons. The highest BCUT2D eigenvalue weighted by Gasteiger charge is 2.50. The number of benzene rings is 1. The van der Waals surface area contributed by atoms with Crippen LogP contribution in [-0.2, 0) is 9.59 Å². The van der Waals surface area contributed by atoms with Crippen molar-refractivity contribution in [2.45, 2.75) is 51.4 Å². The third kappa shape index (κ3) is 3.40. The molecule has 5 heteroatoms. The Morgan fingerprint density at radius 2 is 1.71 bits per heavy atom. The molecule has 5 aliphatic rings. The van der Waals surface area contributed by atoms with E-state index in [0.29, 0.717) is 18.6 Å². The van der Waals surface area contributed by atoms with E-state index in [9.17, 15) is 9.59 Å². The largest absolute Gasteiger partial charge is 0.490 e. The molecule has 5 nitrogen and oxygen atoms in total. The van der Waals surface area contributed by atoms with Crippen LogP contribution in [0.2, 0.25) is 0 Å². The lowest BCUT2D eigenvalue weighted by Crippen LogP contribution is -2.51. The number of para-hydroxylation sites is 2. The van der Waals surface area contributed by atoms with Gasteiger partial charge >= 0.3 is 0 Å². The minimum absolute atomic E-state index is 0.000652. The summed E-state index contributed by atoms with van der Waals surface area (Å²) in [5.74, 6) is 3.45. The van der Waals surface area contributed by atoms with Crippen LogP contribution in [0, 0.1) is 23.2 Å². The van der Waals surface area contributed by atoms with Gasteiger partial charge in [0.2, 0.25) is 11.8 Å². The van der Waals surface area contributed by atoms with Crippen molar-refractivity contribution in [2.24, 2.45) is 23.2 Å². The van der Waals surface area contributed by atoms with Gasteiger partial charge in [-0.05, 0) is 73.8 Å². The molecular weight excluding hydrogens is 352 g/mol. The fourth-order valence-corrected chi connectivity index (χ4v) is 6.67. The summed E-state index contributed by atoms with van der Waals surface area (Å²) < 4.78 is 5.61. The number of hydrogen-bond acceptors (Lipinski definition) is 3. The summed E-state index contributed by atoms with van der Waals surface area (Å²) >= 11 is 0. The van der Waals surface area contributed by atoms with Crippen LogP contribution >= 0.6 is 0 Å². The molecule has 2 amide bonds. The van der Waals surface area contributed by atoms with E-state index in [1.807, 2.05) is 24.3 Å². The molecule has 0 aromatic heterocycles. The molecule has 4 bridgehead atoms. The van der Waals surface area contributed by atoms with Crippen LogP contribution in [0.25, 0.3) is 0 Å². The molecule has 0 saturated heterocycles. The number of carbonyl (C=O) groups is 2. The van der Waals surface area contributed by atoms with Crippen molar-refractivity contribution in [3.63, 3.8) is 0 Å². The number of fused-ring (bicyclic) bond motifs is 1. The minimum Gasteiger partial charge on any atom is -0.490 e. The first-order valence-electron chi connectivity index (χ1n) is 10.9. The first kappa shape index (κ1) is 18.0. The molecule has 1 N–H and O–H groups in total. The molecule has 4 saturated carbocycles. The smallest absolute Gasteiger partial charge is 0.227 e. The summed E-state index contributed by atoms with van der Waals surface area (Å²) in [5.41, 5.74) is 1.16. The van der Waals surface area contributed by atoms with E-state index < -0.39 is 0 Å². The Morgan fingerprint density at radius 3 is 2.43 bits per heavy atom. The molecular formula is C23H30N2O3. The van der Waals surface area contributed by atoms with Crippen molar-refractivity contribution in [1.82, 2.24) is 5.32 Å². The van der Waals surface area contributed by atoms with Crippen LogP contribution < -0.4 is 15.0 Å². The van der Waals surface area contributed by atoms with Crippen LogP contribution in [0.5, 0.6) is 5.75 Å². The Balaban J connectivity index is 1.13. The Labute approximate surface area is 166 Å². The van der Waals surface area contributed by atoms with Gasteiger partial charge in [-0.15, -0.1) is 0 Å². The SMILES string of the molecule is O=C(CCC(=O)N1CCOc2ccccc21)NCC12CC3CC(CC(C3)C1)C2. The molecule has 0 spiro atoms. The molecule has 0 atom stereocenters. The van der Waals surface area contributed by atoms with E-state index in [0.717, 1.165) is 35.7 Å². The lowest BCUT2D eigenvalue weighted by atomic mass is 9.49. The molecule has 1 aromatic rings. The van der Waals surface area contributed by atoms with Crippen LogP contribution in [-0.4, -0.2) is 31.5 Å². The number of rotatable bonds is 5. The van der Waals surface area contributed by atoms with Gasteiger partial charge in [-0.1, -0.05) is 12.1 Å². The second kappa shape index (κ2) is 7.09. The summed E-state index contributed by atoms with van der Waals surface area (Å²) in [5, 5.41) is 3.18. The highest BCUT2D eigenvalue weighted by molar-refractivity contribution is 5.97. The molecule has 1 aromatic carbocycles. The number of nitrogens with zero attached hydrogens (tertiary/aromatic N) is 1. The van der Waals surface area contributed by atoms with Gasteiger partial charge in [-0.25, -0.2) is 0 Å². The Morgan fingerprint density at radius 1 is 1.04 bits per heavy atom. The van der Waals surface area contributed by atoms with E-state index in [-0.39, 0.29) is 24.7 Å². The maximum Gasteiger partial charge on any atom is 0.227 e. The lowest BCUT2D eigenvalue weighted by molar-refractivity contribution is -0.126. The molecule has 150 valence electrons. The summed E-state index contributed by atoms with van der Waals surface area (Å²) in [6, 6.07) is 7.60. The average molecular weight is 383 g/mol. The maximum atomic E-state index is 12.7. The highest BCUT2D eigenvalue weighted by atomic mass is 16.5. The van der Waals surface area contributed by atoms with E-state index >= 15 is 0 Å². The van der Waals surface area contributed by atoms with Crippen molar-refractivity contribution in [3.05, 3.63) is 24.3 Å². The standard InChI is InChI=1S/C23H30N2O3/c26-21(24-15-23-12-16-9-17(13-23)11-18(10-16)14-23)5-6-22(27)25-7-8-28-20-4-2-1-3-19(20)25/h1-4,16-18H,5-15H2,(H,24,26). The zero-order valence-corrected chi connectivity index (χ0v) is 16.5. The molecule has 1 heterocycles. The number of hydrogen-bond donors (Lipinski definition) is 1. The van der Waals surface area contributed by atoms with Gasteiger partial charge in [-0.3, -0.25) is 9.59 Å². The Bertz CT molecular complexity index is 740. The zero-order chi connectivity index (χ0) is 19.1. The third-order valence-electron chi connectivity index (χ3n) is 7.42. The fraction of sp³-hybridized carbons (Fsp3) is 0.652. The topological polar surface area (TPSA) is 58.6 Å². The second-order valence-electron chi connectivity index (χ2n) is 9.56. The van der Waals surface area contributed by atoms with Crippen molar-refractivity contribution >= 4 is 17.5 Å². The minimum atomic E-state index is 0.000652. The van der Waals surface area contributed by atoms with Gasteiger partial charge in [-0.2, -0.15) is 0 Å². The third-order valence-corrected chi connectivity index (χ3v) is 7.42. The first-order chi connectivity index (χ1) is 13.6. The van der Waals surface area contributed by atoms with Gasteiger partial charge in [0.05, 0.1) is 12.2 Å². The van der Waals surface area contributed by atoms with Gasteiger partial charge in [0, 0.05) is 19.4 Å². The molecule has 6 rings (SSSR count). The molecule has 1 aliphatic heterocycles. The zero-order valence-electron chi connectivity index (χ0n) is 16.5. The van der Waals surface area contributed by atoms with Gasteiger partial charge in [0.25, 0.3) is 0 Å². The van der Waals surface area contributed by atoms with E-state index in [1.165, 1.54) is 38.5 Å². The van der Waals surface area contributed by atoms with Gasteiger partial charge < -0.3 is 15.0 Å². The van der Waals surface area contributed by atoms with Gasteiger partial charge in [0.1, 0.15) is 12.4 Å². The summed E-state index contributed by atoms with van der Waals surface area (Å²) in [6.07, 6.45) is 8.66. The number of amides is 2. The predicted molar refractivity (Wildman–Crippen MR) is 107 cm³/mol. The lowest BCUT2D eigenvalue weighted by Gasteiger charge is -2.56. The second-order valence-corrected chi connectivity index (χ2v) is 9.56. The number of anilines is 1. The average Bonchev–Trinajstić information content (AvgIpc) is 2.69. The van der Waals surface area contributed by atoms with E-state index in [1.54, 1.807) is 4.90 Å². The summed E-state index contributed by atoms with van der Waals surface area (Å²) in [4.78, 5) is 26.9. The van der Waals surface area contributed by atoms with Crippen LogP contribution in [0.4, 0.5) is 5.69 Å². The molecule has 28 heavy (non-hydrogen) atoms. The van der Waals surface area contributed by atoms with E-state index in [4.69, 9.17) is 4.74 Å². The molecule has 4 fully saturated rings. The molecule has 0 unspecified atom stereocenters. The molecule has 4 aliphatic carbocycles. The van der Waals surface area contributed by atoms with Gasteiger partial charge in [0.15, 0.2) is 0 Å². The van der Waals surface area contributed by atoms with Crippen LogP contribution in [0.15, 0.2) is 24.3 Å². The number of ether oxygens (including phenoxy) is 1. The van der Waals surface area contributed by atoms with Crippen LogP contribution in [0.1, 0.15) is 51.4 Å². The highest BCUT2D eigenvalue weighted by Crippen LogP contribution is 2.59. The predicted octanol–water partition coefficient (Wildman–Crippen LogP) is 3.52. The van der Waals surface area contributed by atoms with Crippen LogP contribution in [0.3, 0.4) is 0 Å². The van der Waals surface area contributed by atoms with Crippen molar-refractivity contribution < 1.29 is 14.3 Å². The monoisotopic (exact) mass is 382 g/mol. The van der Waals surface area contributed by atoms with Crippen molar-refractivity contribution in [3.8, 4) is 5.75 Å².